The number of nitrogens with one attached hydrogen (secondary N) is 2. The molecule has 2 amide bonds. The molecule has 142 valence electrons. The third-order valence-electron chi connectivity index (χ3n) is 5.31. The average molecular weight is 359 g/mol. The number of benzene rings is 1. The minimum Gasteiger partial charge on any atom is -0.508 e. The Morgan fingerprint density at radius 3 is 3.00 bits per heavy atom. The number of hydrogen-bond acceptors (Lipinski definition) is 4. The Hall–Kier alpha value is -2.08. The van der Waals surface area contributed by atoms with Crippen LogP contribution in [-0.2, 0) is 22.6 Å². The van der Waals surface area contributed by atoms with Crippen LogP contribution in [0.4, 0.5) is 0 Å². The largest absolute Gasteiger partial charge is 0.508 e. The van der Waals surface area contributed by atoms with Crippen LogP contribution >= 0.6 is 0 Å². The zero-order chi connectivity index (χ0) is 18.5. The molecule has 3 rings (SSSR count). The van der Waals surface area contributed by atoms with Gasteiger partial charge in [0.15, 0.2) is 0 Å². The second-order valence-corrected chi connectivity index (χ2v) is 7.38. The fourth-order valence-corrected chi connectivity index (χ4v) is 3.87. The molecule has 1 saturated heterocycles. The van der Waals surface area contributed by atoms with E-state index >= 15 is 0 Å². The lowest BCUT2D eigenvalue weighted by Gasteiger charge is -2.32. The van der Waals surface area contributed by atoms with Crippen molar-refractivity contribution >= 4 is 11.8 Å². The van der Waals surface area contributed by atoms with Crippen LogP contribution in [0.15, 0.2) is 18.2 Å². The summed E-state index contributed by atoms with van der Waals surface area (Å²) in [5.41, 5.74) is 2.14. The standard InChI is InChI=1S/C20H29N3O3/c1-2-5-16(13-23-9-4-3-6-19(23)25)22-20(26)18-11-14-7-8-17(24)10-15(14)12-21-18/h7-8,10,16,18,21,24H,2-6,9,11-13H2,1H3,(H,22,26)/t16-,18+/m0/s1. The number of phenols is 1. The first-order valence-electron chi connectivity index (χ1n) is 9.69. The maximum absolute atomic E-state index is 12.8. The van der Waals surface area contributed by atoms with Gasteiger partial charge in [0, 0.05) is 32.1 Å². The number of aromatic hydroxyl groups is 1. The molecule has 0 aromatic heterocycles. The van der Waals surface area contributed by atoms with Gasteiger partial charge in [-0.25, -0.2) is 0 Å². The number of phenolic OH excluding ortho intramolecular Hbond substituents is 1. The molecular formula is C20H29N3O3. The van der Waals surface area contributed by atoms with Gasteiger partial charge in [-0.2, -0.15) is 0 Å². The van der Waals surface area contributed by atoms with E-state index in [2.05, 4.69) is 17.6 Å². The molecule has 0 aliphatic carbocycles. The summed E-state index contributed by atoms with van der Waals surface area (Å²) in [7, 11) is 0. The van der Waals surface area contributed by atoms with Gasteiger partial charge in [0.25, 0.3) is 0 Å². The highest BCUT2D eigenvalue weighted by atomic mass is 16.3. The number of carbonyl (C=O) groups is 2. The first kappa shape index (κ1) is 18.7. The normalized spacial score (nSPS) is 21.2. The molecule has 0 saturated carbocycles. The van der Waals surface area contributed by atoms with Crippen LogP contribution < -0.4 is 10.6 Å². The number of fused-ring (bicyclic) bond motifs is 1. The Bertz CT molecular complexity index is 662. The molecule has 6 nitrogen and oxygen atoms in total. The molecule has 0 spiro atoms. The molecule has 3 N–H and O–H groups in total. The summed E-state index contributed by atoms with van der Waals surface area (Å²) >= 11 is 0. The van der Waals surface area contributed by atoms with Crippen LogP contribution in [0, 0.1) is 0 Å². The molecule has 2 aliphatic heterocycles. The summed E-state index contributed by atoms with van der Waals surface area (Å²) in [6, 6.07) is 5.03. The first-order valence-corrected chi connectivity index (χ1v) is 9.69. The second kappa shape index (κ2) is 8.54. The van der Waals surface area contributed by atoms with Gasteiger partial charge in [-0.15, -0.1) is 0 Å². The molecule has 2 atom stereocenters. The molecule has 1 aromatic rings. The van der Waals surface area contributed by atoms with E-state index < -0.39 is 0 Å². The summed E-state index contributed by atoms with van der Waals surface area (Å²) in [6.07, 6.45) is 5.09. The predicted octanol–water partition coefficient (Wildman–Crippen LogP) is 1.70. The minimum atomic E-state index is -0.275. The topological polar surface area (TPSA) is 81.7 Å². The van der Waals surface area contributed by atoms with Crippen LogP contribution in [0.2, 0.25) is 0 Å². The smallest absolute Gasteiger partial charge is 0.237 e. The van der Waals surface area contributed by atoms with Gasteiger partial charge in [0.05, 0.1) is 6.04 Å². The van der Waals surface area contributed by atoms with E-state index in [0.717, 1.165) is 43.4 Å². The molecule has 2 heterocycles. The predicted molar refractivity (Wildman–Crippen MR) is 99.7 cm³/mol. The number of carbonyl (C=O) groups excluding carboxylic acids is 2. The number of piperidine rings is 1. The van der Waals surface area contributed by atoms with Crippen molar-refractivity contribution in [2.45, 2.75) is 64.1 Å². The Balaban J connectivity index is 1.59. The second-order valence-electron chi connectivity index (χ2n) is 7.38. The van der Waals surface area contributed by atoms with Gasteiger partial charge in [-0.3, -0.25) is 9.59 Å². The molecule has 6 heteroatoms. The van der Waals surface area contributed by atoms with Crippen molar-refractivity contribution in [1.29, 1.82) is 0 Å². The SMILES string of the molecule is CCC[C@@H](CN1CCCCC1=O)NC(=O)[C@H]1Cc2ccc(O)cc2CN1. The number of nitrogens with zero attached hydrogens (tertiary/aromatic N) is 1. The highest BCUT2D eigenvalue weighted by Gasteiger charge is 2.27. The van der Waals surface area contributed by atoms with E-state index in [1.54, 1.807) is 12.1 Å². The molecule has 0 bridgehead atoms. The van der Waals surface area contributed by atoms with Crippen molar-refractivity contribution in [2.24, 2.45) is 0 Å². The number of likely N-dealkylation sites (tertiary alicyclic amines) is 1. The first-order chi connectivity index (χ1) is 12.6. The van der Waals surface area contributed by atoms with Crippen LogP contribution in [0.25, 0.3) is 0 Å². The highest BCUT2D eigenvalue weighted by Crippen LogP contribution is 2.21. The summed E-state index contributed by atoms with van der Waals surface area (Å²) in [5, 5.41) is 16.0. The van der Waals surface area contributed by atoms with E-state index in [0.29, 0.717) is 25.9 Å². The number of hydrogen-bond donors (Lipinski definition) is 3. The van der Waals surface area contributed by atoms with Crippen LogP contribution in [0.3, 0.4) is 0 Å². The van der Waals surface area contributed by atoms with Gasteiger partial charge in [-0.1, -0.05) is 19.4 Å². The fourth-order valence-electron chi connectivity index (χ4n) is 3.87. The minimum absolute atomic E-state index is 0.00225. The summed E-state index contributed by atoms with van der Waals surface area (Å²) in [6.45, 7) is 4.08. The highest BCUT2D eigenvalue weighted by molar-refractivity contribution is 5.83. The summed E-state index contributed by atoms with van der Waals surface area (Å²) in [5.74, 6) is 0.449. The van der Waals surface area contributed by atoms with E-state index in [1.807, 2.05) is 11.0 Å². The molecule has 2 aliphatic rings. The van der Waals surface area contributed by atoms with Gasteiger partial charge >= 0.3 is 0 Å². The maximum Gasteiger partial charge on any atom is 0.237 e. The number of amides is 2. The Morgan fingerprint density at radius 1 is 1.38 bits per heavy atom. The molecule has 0 radical (unpaired) electrons. The van der Waals surface area contributed by atoms with Crippen molar-refractivity contribution in [3.63, 3.8) is 0 Å². The molecule has 1 fully saturated rings. The maximum atomic E-state index is 12.8. The van der Waals surface area contributed by atoms with Gasteiger partial charge in [0.2, 0.25) is 11.8 Å². The van der Waals surface area contributed by atoms with Crippen molar-refractivity contribution in [3.05, 3.63) is 29.3 Å². The lowest BCUT2D eigenvalue weighted by molar-refractivity contribution is -0.134. The van der Waals surface area contributed by atoms with Crippen LogP contribution in [0.1, 0.15) is 50.2 Å². The third kappa shape index (κ3) is 4.55. The van der Waals surface area contributed by atoms with Crippen molar-refractivity contribution in [1.82, 2.24) is 15.5 Å². The van der Waals surface area contributed by atoms with Crippen molar-refractivity contribution < 1.29 is 14.7 Å². The van der Waals surface area contributed by atoms with Crippen LogP contribution in [-0.4, -0.2) is 47.0 Å². The molecule has 26 heavy (non-hydrogen) atoms. The summed E-state index contributed by atoms with van der Waals surface area (Å²) < 4.78 is 0. The van der Waals surface area contributed by atoms with E-state index in [9.17, 15) is 14.7 Å². The van der Waals surface area contributed by atoms with E-state index in [1.165, 1.54) is 0 Å². The fraction of sp³-hybridized carbons (Fsp3) is 0.600. The van der Waals surface area contributed by atoms with Gasteiger partial charge < -0.3 is 20.6 Å². The van der Waals surface area contributed by atoms with Gasteiger partial charge in [0.1, 0.15) is 5.75 Å². The Labute approximate surface area is 155 Å². The Morgan fingerprint density at radius 2 is 2.23 bits per heavy atom. The van der Waals surface area contributed by atoms with Crippen molar-refractivity contribution in [2.75, 3.05) is 13.1 Å². The molecular weight excluding hydrogens is 330 g/mol. The summed E-state index contributed by atoms with van der Waals surface area (Å²) in [4.78, 5) is 26.7. The quantitative estimate of drug-likeness (QED) is 0.722. The average Bonchev–Trinajstić information content (AvgIpc) is 2.63. The zero-order valence-corrected chi connectivity index (χ0v) is 15.5. The lowest BCUT2D eigenvalue weighted by Crippen LogP contribution is -2.53. The van der Waals surface area contributed by atoms with Crippen molar-refractivity contribution in [3.8, 4) is 5.75 Å². The third-order valence-corrected chi connectivity index (χ3v) is 5.31. The molecule has 0 unspecified atom stereocenters. The van der Waals surface area contributed by atoms with Gasteiger partial charge in [-0.05, 0) is 48.9 Å². The number of rotatable bonds is 6. The van der Waals surface area contributed by atoms with Crippen LogP contribution in [0.5, 0.6) is 5.75 Å². The zero-order valence-electron chi connectivity index (χ0n) is 15.5. The van der Waals surface area contributed by atoms with E-state index in [-0.39, 0.29) is 29.6 Å². The lowest BCUT2D eigenvalue weighted by atomic mass is 9.95. The molecule has 1 aromatic carbocycles. The Kier molecular flexibility index (Phi) is 6.14. The van der Waals surface area contributed by atoms with E-state index in [4.69, 9.17) is 0 Å². The monoisotopic (exact) mass is 359 g/mol.